The Hall–Kier alpha value is -1.97. The number of H-pyrrole nitrogens is 1. The summed E-state index contributed by atoms with van der Waals surface area (Å²) in [5, 5.41) is 15.5. The smallest absolute Gasteiger partial charge is 0.240 e. The maximum absolute atomic E-state index is 12.2. The van der Waals surface area contributed by atoms with Crippen LogP contribution < -0.4 is 9.46 Å². The molecular formula is C12H16N4O4S. The van der Waals surface area contributed by atoms with Gasteiger partial charge >= 0.3 is 0 Å². The van der Waals surface area contributed by atoms with E-state index in [1.165, 1.54) is 24.5 Å². The molecule has 0 unspecified atom stereocenters. The fourth-order valence-electron chi connectivity index (χ4n) is 1.71. The van der Waals surface area contributed by atoms with Gasteiger partial charge in [-0.25, -0.2) is 18.1 Å². The Bertz CT molecular complexity index is 685. The second-order valence-electron chi connectivity index (χ2n) is 4.12. The van der Waals surface area contributed by atoms with Crippen molar-refractivity contribution in [1.82, 2.24) is 19.9 Å². The number of hydrogen-bond donors (Lipinski definition) is 3. The summed E-state index contributed by atoms with van der Waals surface area (Å²) in [5.74, 6) is 0.876. The van der Waals surface area contributed by atoms with E-state index in [2.05, 4.69) is 19.9 Å². The molecule has 0 radical (unpaired) electrons. The molecule has 21 heavy (non-hydrogen) atoms. The van der Waals surface area contributed by atoms with Crippen molar-refractivity contribution in [2.24, 2.45) is 0 Å². The summed E-state index contributed by atoms with van der Waals surface area (Å²) < 4.78 is 32.1. The summed E-state index contributed by atoms with van der Waals surface area (Å²) in [6.45, 7) is 1.94. The van der Waals surface area contributed by atoms with Crippen LogP contribution in [0.2, 0.25) is 0 Å². The van der Waals surface area contributed by atoms with Gasteiger partial charge in [0, 0.05) is 5.56 Å². The van der Waals surface area contributed by atoms with Gasteiger partial charge in [-0.2, -0.15) is 5.10 Å². The third kappa shape index (κ3) is 3.78. The minimum Gasteiger partial charge on any atom is -0.494 e. The van der Waals surface area contributed by atoms with Crippen molar-refractivity contribution in [2.75, 3.05) is 6.61 Å². The lowest BCUT2D eigenvalue weighted by atomic mass is 10.2. The summed E-state index contributed by atoms with van der Waals surface area (Å²) in [4.78, 5) is 3.88. The number of aliphatic hydroxyl groups excluding tert-OH is 1. The van der Waals surface area contributed by atoms with Crippen molar-refractivity contribution < 1.29 is 18.3 Å². The average Bonchev–Trinajstić information content (AvgIpc) is 2.99. The first kappa shape index (κ1) is 15.4. The fourth-order valence-corrected chi connectivity index (χ4v) is 2.74. The average molecular weight is 312 g/mol. The maximum Gasteiger partial charge on any atom is 0.240 e. The van der Waals surface area contributed by atoms with Crippen LogP contribution in [0.4, 0.5) is 0 Å². The maximum atomic E-state index is 12.2. The molecule has 114 valence electrons. The van der Waals surface area contributed by atoms with Crippen LogP contribution in [0.1, 0.15) is 18.3 Å². The predicted molar refractivity (Wildman–Crippen MR) is 73.9 cm³/mol. The van der Waals surface area contributed by atoms with E-state index in [-0.39, 0.29) is 18.0 Å². The quantitative estimate of drug-likeness (QED) is 0.671. The summed E-state index contributed by atoms with van der Waals surface area (Å²) in [6, 6.07) is 4.33. The minimum absolute atomic E-state index is 0.00397. The molecule has 0 spiro atoms. The van der Waals surface area contributed by atoms with Crippen LogP contribution in [-0.4, -0.2) is 35.3 Å². The number of rotatable bonds is 7. The van der Waals surface area contributed by atoms with Crippen molar-refractivity contribution in [3.05, 3.63) is 35.9 Å². The second kappa shape index (κ2) is 6.66. The first-order chi connectivity index (χ1) is 10.1. The molecule has 3 N–H and O–H groups in total. The molecule has 0 aliphatic carbocycles. The molecule has 9 heteroatoms. The molecule has 0 amide bonds. The molecule has 2 rings (SSSR count). The van der Waals surface area contributed by atoms with Crippen molar-refractivity contribution in [1.29, 1.82) is 0 Å². The second-order valence-corrected chi connectivity index (χ2v) is 5.88. The molecule has 0 saturated carbocycles. The zero-order valence-electron chi connectivity index (χ0n) is 11.4. The molecule has 0 fully saturated rings. The Kier molecular flexibility index (Phi) is 4.89. The topological polar surface area (TPSA) is 117 Å². The van der Waals surface area contributed by atoms with Gasteiger partial charge < -0.3 is 9.84 Å². The first-order valence-electron chi connectivity index (χ1n) is 6.27. The van der Waals surface area contributed by atoms with Crippen LogP contribution in [-0.2, 0) is 23.2 Å². The molecule has 1 heterocycles. The monoisotopic (exact) mass is 312 g/mol. The van der Waals surface area contributed by atoms with Crippen LogP contribution in [0, 0.1) is 0 Å². The van der Waals surface area contributed by atoms with Crippen LogP contribution in [0.5, 0.6) is 5.75 Å². The van der Waals surface area contributed by atoms with E-state index in [1.54, 1.807) is 0 Å². The molecule has 1 aromatic heterocycles. The van der Waals surface area contributed by atoms with Crippen LogP contribution >= 0.6 is 0 Å². The van der Waals surface area contributed by atoms with E-state index in [0.29, 0.717) is 23.7 Å². The molecule has 1 aromatic carbocycles. The number of sulfonamides is 1. The molecule has 0 aliphatic rings. The molecule has 0 bridgehead atoms. The van der Waals surface area contributed by atoms with Gasteiger partial charge in [-0.1, -0.05) is 0 Å². The van der Waals surface area contributed by atoms with Gasteiger partial charge in [0.15, 0.2) is 0 Å². The lowest BCUT2D eigenvalue weighted by Gasteiger charge is -2.11. The van der Waals surface area contributed by atoms with E-state index in [4.69, 9.17) is 4.74 Å². The third-order valence-corrected chi connectivity index (χ3v) is 4.11. The summed E-state index contributed by atoms with van der Waals surface area (Å²) in [7, 11) is -3.71. The highest BCUT2D eigenvalue weighted by Crippen LogP contribution is 2.22. The number of aromatic nitrogens is 3. The van der Waals surface area contributed by atoms with Gasteiger partial charge in [-0.15, -0.1) is 0 Å². The zero-order chi connectivity index (χ0) is 15.3. The van der Waals surface area contributed by atoms with E-state index in [1.807, 2.05) is 6.92 Å². The highest BCUT2D eigenvalue weighted by atomic mass is 32.2. The Balaban J connectivity index is 2.19. The van der Waals surface area contributed by atoms with E-state index in [9.17, 15) is 13.5 Å². The molecule has 0 atom stereocenters. The van der Waals surface area contributed by atoms with Gasteiger partial charge in [-0.05, 0) is 25.1 Å². The molecule has 0 saturated heterocycles. The SMILES string of the molecule is CCOc1ccc(S(=O)(=O)NCc2ncn[nH]2)cc1CO. The van der Waals surface area contributed by atoms with E-state index in [0.717, 1.165) is 0 Å². The molecule has 2 aromatic rings. The number of hydrogen-bond acceptors (Lipinski definition) is 6. The number of benzene rings is 1. The summed E-state index contributed by atoms with van der Waals surface area (Å²) >= 11 is 0. The predicted octanol–water partition coefficient (Wildman–Crippen LogP) is 0.174. The van der Waals surface area contributed by atoms with Gasteiger partial charge in [-0.3, -0.25) is 5.10 Å². The third-order valence-electron chi connectivity index (χ3n) is 2.71. The van der Waals surface area contributed by atoms with Crippen LogP contribution in [0.3, 0.4) is 0 Å². The Morgan fingerprint density at radius 3 is 2.86 bits per heavy atom. The first-order valence-corrected chi connectivity index (χ1v) is 7.75. The highest BCUT2D eigenvalue weighted by molar-refractivity contribution is 7.89. The van der Waals surface area contributed by atoms with Gasteiger partial charge in [0.1, 0.15) is 17.9 Å². The number of nitrogens with one attached hydrogen (secondary N) is 2. The number of aromatic amines is 1. The minimum atomic E-state index is -3.71. The summed E-state index contributed by atoms with van der Waals surface area (Å²) in [5.41, 5.74) is 0.416. The highest BCUT2D eigenvalue weighted by Gasteiger charge is 2.16. The van der Waals surface area contributed by atoms with Gasteiger partial charge in [0.25, 0.3) is 0 Å². The number of ether oxygens (including phenoxy) is 1. The Labute approximate surface area is 122 Å². The van der Waals surface area contributed by atoms with Crippen LogP contribution in [0.15, 0.2) is 29.4 Å². The standard InChI is InChI=1S/C12H16N4O4S/c1-2-20-11-4-3-10(5-9(11)7-17)21(18,19)15-6-12-13-8-14-16-12/h3-5,8,15,17H,2,6-7H2,1H3,(H,13,14,16). The lowest BCUT2D eigenvalue weighted by Crippen LogP contribution is -2.24. The van der Waals surface area contributed by atoms with Crippen molar-refractivity contribution in [3.8, 4) is 5.75 Å². The van der Waals surface area contributed by atoms with E-state index >= 15 is 0 Å². The normalized spacial score (nSPS) is 11.5. The zero-order valence-corrected chi connectivity index (χ0v) is 12.2. The molecule has 8 nitrogen and oxygen atoms in total. The lowest BCUT2D eigenvalue weighted by molar-refractivity contribution is 0.266. The van der Waals surface area contributed by atoms with Crippen molar-refractivity contribution in [3.63, 3.8) is 0 Å². The molecule has 0 aliphatic heterocycles. The Morgan fingerprint density at radius 2 is 2.24 bits per heavy atom. The Morgan fingerprint density at radius 1 is 1.43 bits per heavy atom. The fraction of sp³-hybridized carbons (Fsp3) is 0.333. The van der Waals surface area contributed by atoms with E-state index < -0.39 is 10.0 Å². The largest absolute Gasteiger partial charge is 0.494 e. The number of nitrogens with zero attached hydrogens (tertiary/aromatic N) is 2. The molecular weight excluding hydrogens is 296 g/mol. The van der Waals surface area contributed by atoms with Gasteiger partial charge in [0.2, 0.25) is 10.0 Å². The van der Waals surface area contributed by atoms with Crippen molar-refractivity contribution in [2.45, 2.75) is 25.0 Å². The summed E-state index contributed by atoms with van der Waals surface area (Å²) in [6.07, 6.45) is 1.30. The van der Waals surface area contributed by atoms with Crippen LogP contribution in [0.25, 0.3) is 0 Å². The number of aliphatic hydroxyl groups is 1. The van der Waals surface area contributed by atoms with Crippen molar-refractivity contribution >= 4 is 10.0 Å². The van der Waals surface area contributed by atoms with Gasteiger partial charge in [0.05, 0.1) is 24.7 Å².